The van der Waals surface area contributed by atoms with E-state index in [1.165, 1.54) is 0 Å². The van der Waals surface area contributed by atoms with Gasteiger partial charge in [-0.05, 0) is 18.1 Å². The van der Waals surface area contributed by atoms with Gasteiger partial charge in [0.2, 0.25) is 0 Å². The summed E-state index contributed by atoms with van der Waals surface area (Å²) in [4.78, 5) is 17.2. The van der Waals surface area contributed by atoms with Gasteiger partial charge in [-0.15, -0.1) is 0 Å². The zero-order chi connectivity index (χ0) is 15.4. The van der Waals surface area contributed by atoms with E-state index in [2.05, 4.69) is 17.1 Å². The van der Waals surface area contributed by atoms with E-state index >= 15 is 0 Å². The summed E-state index contributed by atoms with van der Waals surface area (Å²) in [5.74, 6) is -0.461. The maximum Gasteiger partial charge on any atom is 0.315 e. The average Bonchev–Trinajstić information content (AvgIpc) is 3.02. The highest BCUT2D eigenvalue weighted by Gasteiger charge is 2.39. The van der Waals surface area contributed by atoms with E-state index in [-0.39, 0.29) is 17.8 Å². The van der Waals surface area contributed by atoms with Crippen molar-refractivity contribution in [2.45, 2.75) is 12.8 Å². The lowest BCUT2D eigenvalue weighted by atomic mass is 9.83. The van der Waals surface area contributed by atoms with Crippen LogP contribution in [0.15, 0.2) is 65.7 Å². The van der Waals surface area contributed by atoms with Crippen LogP contribution in [0.5, 0.6) is 0 Å². The first-order chi connectivity index (χ1) is 10.8. The lowest BCUT2D eigenvalue weighted by Gasteiger charge is -2.20. The number of carbonyl (C=O) groups is 1. The summed E-state index contributed by atoms with van der Waals surface area (Å²) in [6.07, 6.45) is 0. The molecule has 2 aromatic carbocycles. The first kappa shape index (κ1) is 14.5. The lowest BCUT2D eigenvalue weighted by Crippen LogP contribution is -2.29. The molecule has 2 aromatic rings. The van der Waals surface area contributed by atoms with Gasteiger partial charge in [0.15, 0.2) is 0 Å². The Morgan fingerprint density at radius 3 is 2.36 bits per heavy atom. The molecule has 2 atom stereocenters. The number of carbonyl (C=O) groups excluding carboxylic acids is 1. The molecule has 3 nitrogen and oxygen atoms in total. The Morgan fingerprint density at radius 1 is 1.09 bits per heavy atom. The smallest absolute Gasteiger partial charge is 0.315 e. The Morgan fingerprint density at radius 2 is 1.73 bits per heavy atom. The Kier molecular flexibility index (Phi) is 4.33. The predicted molar refractivity (Wildman–Crippen MR) is 87.2 cm³/mol. The molecule has 0 aliphatic carbocycles. The second-order valence-electron chi connectivity index (χ2n) is 5.34. The van der Waals surface area contributed by atoms with Gasteiger partial charge in [-0.1, -0.05) is 60.7 Å². The minimum atomic E-state index is -0.329. The van der Waals surface area contributed by atoms with Gasteiger partial charge in [0.25, 0.3) is 0 Å². The molecule has 1 aliphatic heterocycles. The van der Waals surface area contributed by atoms with Gasteiger partial charge in [-0.2, -0.15) is 0 Å². The van der Waals surface area contributed by atoms with Crippen LogP contribution in [-0.4, -0.2) is 24.8 Å². The molecule has 0 aromatic heterocycles. The summed E-state index contributed by atoms with van der Waals surface area (Å²) >= 11 is 0. The minimum absolute atomic E-state index is 0.0513. The largest absolute Gasteiger partial charge is 0.465 e. The summed E-state index contributed by atoms with van der Waals surface area (Å²) in [5.41, 5.74) is 2.97. The van der Waals surface area contributed by atoms with E-state index in [0.29, 0.717) is 13.2 Å². The van der Waals surface area contributed by atoms with E-state index in [1.54, 1.807) is 0 Å². The number of esters is 1. The SMILES string of the molecule is CCOC(=O)[C@@H]1C(c2ccccc2)=NC[C@H]1c1ccccc1. The van der Waals surface area contributed by atoms with E-state index in [9.17, 15) is 4.79 Å². The van der Waals surface area contributed by atoms with Gasteiger partial charge in [-0.3, -0.25) is 9.79 Å². The fourth-order valence-corrected chi connectivity index (χ4v) is 2.98. The average molecular weight is 293 g/mol. The third kappa shape index (κ3) is 2.80. The van der Waals surface area contributed by atoms with Crippen molar-refractivity contribution in [3.63, 3.8) is 0 Å². The molecule has 0 saturated heterocycles. The van der Waals surface area contributed by atoms with Crippen LogP contribution in [0, 0.1) is 5.92 Å². The highest BCUT2D eigenvalue weighted by Crippen LogP contribution is 2.34. The van der Waals surface area contributed by atoms with Crippen molar-refractivity contribution in [1.29, 1.82) is 0 Å². The molecule has 22 heavy (non-hydrogen) atoms. The van der Waals surface area contributed by atoms with Gasteiger partial charge in [0, 0.05) is 12.5 Å². The normalized spacial score (nSPS) is 20.5. The second kappa shape index (κ2) is 6.56. The monoisotopic (exact) mass is 293 g/mol. The predicted octanol–water partition coefficient (Wildman–Crippen LogP) is 3.45. The van der Waals surface area contributed by atoms with Crippen molar-refractivity contribution < 1.29 is 9.53 Å². The van der Waals surface area contributed by atoms with Crippen molar-refractivity contribution in [3.8, 4) is 0 Å². The number of hydrogen-bond donors (Lipinski definition) is 0. The number of aliphatic imine (C=N–C) groups is 1. The van der Waals surface area contributed by atoms with Crippen molar-refractivity contribution >= 4 is 11.7 Å². The van der Waals surface area contributed by atoms with Gasteiger partial charge < -0.3 is 4.74 Å². The van der Waals surface area contributed by atoms with Crippen LogP contribution >= 0.6 is 0 Å². The summed E-state index contributed by atoms with van der Waals surface area (Å²) in [7, 11) is 0. The van der Waals surface area contributed by atoms with Crippen molar-refractivity contribution in [3.05, 3.63) is 71.8 Å². The molecule has 0 unspecified atom stereocenters. The van der Waals surface area contributed by atoms with Gasteiger partial charge in [-0.25, -0.2) is 0 Å². The molecule has 3 heteroatoms. The summed E-state index contributed by atoms with van der Waals surface area (Å²) < 4.78 is 5.31. The van der Waals surface area contributed by atoms with Crippen molar-refractivity contribution in [2.24, 2.45) is 10.9 Å². The maximum atomic E-state index is 12.5. The molecular formula is C19H19NO2. The number of rotatable bonds is 4. The summed E-state index contributed by atoms with van der Waals surface area (Å²) in [6.45, 7) is 2.85. The fraction of sp³-hybridized carbons (Fsp3) is 0.263. The molecule has 0 spiro atoms. The van der Waals surface area contributed by atoms with E-state index in [4.69, 9.17) is 4.74 Å². The molecule has 3 rings (SSSR count). The first-order valence-corrected chi connectivity index (χ1v) is 7.62. The highest BCUT2D eigenvalue weighted by atomic mass is 16.5. The third-order valence-electron chi connectivity index (χ3n) is 3.99. The molecule has 0 radical (unpaired) electrons. The molecule has 0 fully saturated rings. The molecule has 1 aliphatic rings. The van der Waals surface area contributed by atoms with Gasteiger partial charge in [0.05, 0.1) is 12.3 Å². The van der Waals surface area contributed by atoms with Crippen LogP contribution in [0.4, 0.5) is 0 Å². The summed E-state index contributed by atoms with van der Waals surface area (Å²) in [6, 6.07) is 20.0. The zero-order valence-corrected chi connectivity index (χ0v) is 12.6. The number of benzene rings is 2. The summed E-state index contributed by atoms with van der Waals surface area (Å²) in [5, 5.41) is 0. The fourth-order valence-electron chi connectivity index (χ4n) is 2.98. The zero-order valence-electron chi connectivity index (χ0n) is 12.6. The Bertz CT molecular complexity index is 664. The lowest BCUT2D eigenvalue weighted by molar-refractivity contribution is -0.145. The van der Waals surface area contributed by atoms with Gasteiger partial charge in [0.1, 0.15) is 5.92 Å². The van der Waals surface area contributed by atoms with Gasteiger partial charge >= 0.3 is 5.97 Å². The van der Waals surface area contributed by atoms with E-state index in [1.807, 2.05) is 55.5 Å². The van der Waals surface area contributed by atoms with Crippen LogP contribution in [0.2, 0.25) is 0 Å². The Balaban J connectivity index is 1.96. The second-order valence-corrected chi connectivity index (χ2v) is 5.34. The van der Waals surface area contributed by atoms with Crippen LogP contribution < -0.4 is 0 Å². The van der Waals surface area contributed by atoms with Crippen LogP contribution in [-0.2, 0) is 9.53 Å². The van der Waals surface area contributed by atoms with E-state index in [0.717, 1.165) is 16.8 Å². The quantitative estimate of drug-likeness (QED) is 0.810. The van der Waals surface area contributed by atoms with Crippen molar-refractivity contribution in [2.75, 3.05) is 13.2 Å². The molecule has 0 saturated carbocycles. The highest BCUT2D eigenvalue weighted by molar-refractivity contribution is 6.13. The third-order valence-corrected chi connectivity index (χ3v) is 3.99. The van der Waals surface area contributed by atoms with Crippen LogP contribution in [0.3, 0.4) is 0 Å². The molecule has 0 bridgehead atoms. The molecule has 0 amide bonds. The topological polar surface area (TPSA) is 38.7 Å². The van der Waals surface area contributed by atoms with Crippen LogP contribution in [0.25, 0.3) is 0 Å². The minimum Gasteiger partial charge on any atom is -0.465 e. The maximum absolute atomic E-state index is 12.5. The van der Waals surface area contributed by atoms with E-state index < -0.39 is 0 Å². The molecule has 1 heterocycles. The standard InChI is InChI=1S/C19H19NO2/c1-2-22-19(21)17-16(14-9-5-3-6-10-14)13-20-18(17)15-11-7-4-8-12-15/h3-12,16-17H,2,13H2,1H3/t16-,17-/m0/s1. The molecular weight excluding hydrogens is 274 g/mol. The number of nitrogens with zero attached hydrogens (tertiary/aromatic N) is 1. The van der Waals surface area contributed by atoms with Crippen LogP contribution in [0.1, 0.15) is 24.0 Å². The van der Waals surface area contributed by atoms with Crippen molar-refractivity contribution in [1.82, 2.24) is 0 Å². The molecule has 112 valence electrons. The Hall–Kier alpha value is -2.42. The first-order valence-electron chi connectivity index (χ1n) is 7.62. The number of hydrogen-bond acceptors (Lipinski definition) is 3. The molecule has 0 N–H and O–H groups in total. The Labute approximate surface area is 130 Å². The number of ether oxygens (including phenoxy) is 1.